The lowest BCUT2D eigenvalue weighted by atomic mass is 10.1. The van der Waals surface area contributed by atoms with Crippen LogP contribution in [0.2, 0.25) is 5.02 Å². The van der Waals surface area contributed by atoms with E-state index in [1.54, 1.807) is 24.3 Å². The van der Waals surface area contributed by atoms with E-state index in [2.05, 4.69) is 5.32 Å². The van der Waals surface area contributed by atoms with Crippen molar-refractivity contribution in [1.29, 1.82) is 0 Å². The number of hydrogen-bond donors (Lipinski definition) is 2. The standard InChI is InChI=1S/C13H17ClN2O2S/c1-2-4-11(13(15)19)16-12(17)8-18-10-6-3-5-9(14)7-10/h3,5-7,11H,2,4,8H2,1H3,(H2,15,19)(H,16,17). The molecule has 0 fully saturated rings. The molecule has 104 valence electrons. The van der Waals surface area contributed by atoms with Gasteiger partial charge in [0.2, 0.25) is 0 Å². The minimum Gasteiger partial charge on any atom is -0.484 e. The average Bonchev–Trinajstić information content (AvgIpc) is 2.36. The first-order valence-corrected chi connectivity index (χ1v) is 6.78. The first-order chi connectivity index (χ1) is 9.02. The Labute approximate surface area is 123 Å². The third kappa shape index (κ3) is 5.89. The fourth-order valence-electron chi connectivity index (χ4n) is 1.52. The highest BCUT2D eigenvalue weighted by molar-refractivity contribution is 7.80. The van der Waals surface area contributed by atoms with Gasteiger partial charge in [-0.25, -0.2) is 0 Å². The Balaban J connectivity index is 2.44. The van der Waals surface area contributed by atoms with Crippen LogP contribution in [0.3, 0.4) is 0 Å². The summed E-state index contributed by atoms with van der Waals surface area (Å²) in [6.07, 6.45) is 1.61. The van der Waals surface area contributed by atoms with Crippen molar-refractivity contribution in [3.8, 4) is 5.75 Å². The van der Waals surface area contributed by atoms with E-state index in [-0.39, 0.29) is 23.5 Å². The molecule has 6 heteroatoms. The van der Waals surface area contributed by atoms with Gasteiger partial charge in [0.1, 0.15) is 5.75 Å². The Morgan fingerprint density at radius 1 is 1.58 bits per heavy atom. The molecular formula is C13H17ClN2O2S. The van der Waals surface area contributed by atoms with Crippen molar-refractivity contribution < 1.29 is 9.53 Å². The van der Waals surface area contributed by atoms with E-state index in [1.165, 1.54) is 0 Å². The summed E-state index contributed by atoms with van der Waals surface area (Å²) in [5.74, 6) is 0.288. The molecule has 1 unspecified atom stereocenters. The maximum Gasteiger partial charge on any atom is 0.258 e. The number of ether oxygens (including phenoxy) is 1. The number of nitrogens with one attached hydrogen (secondary N) is 1. The number of nitrogens with two attached hydrogens (primary N) is 1. The molecule has 4 nitrogen and oxygen atoms in total. The van der Waals surface area contributed by atoms with Crippen LogP contribution in [0.15, 0.2) is 24.3 Å². The fraction of sp³-hybridized carbons (Fsp3) is 0.385. The zero-order valence-electron chi connectivity index (χ0n) is 10.7. The maximum atomic E-state index is 11.7. The van der Waals surface area contributed by atoms with Gasteiger partial charge < -0.3 is 15.8 Å². The highest BCUT2D eigenvalue weighted by Crippen LogP contribution is 2.16. The van der Waals surface area contributed by atoms with Crippen LogP contribution >= 0.6 is 23.8 Å². The third-order valence-electron chi connectivity index (χ3n) is 2.42. The number of carbonyl (C=O) groups excluding carboxylic acids is 1. The monoisotopic (exact) mass is 300 g/mol. The molecule has 0 aromatic heterocycles. The molecule has 1 rings (SSSR count). The van der Waals surface area contributed by atoms with E-state index in [0.29, 0.717) is 10.8 Å². The molecule has 1 aromatic carbocycles. The molecule has 19 heavy (non-hydrogen) atoms. The minimum atomic E-state index is -0.282. The molecule has 0 aliphatic rings. The van der Waals surface area contributed by atoms with Crippen LogP contribution < -0.4 is 15.8 Å². The van der Waals surface area contributed by atoms with Gasteiger partial charge in [0.15, 0.2) is 6.61 Å². The van der Waals surface area contributed by atoms with Crippen LogP contribution in [0.25, 0.3) is 0 Å². The second kappa shape index (κ2) is 7.96. The Bertz CT molecular complexity index is 454. The summed E-state index contributed by atoms with van der Waals surface area (Å²) >= 11 is 10.7. The van der Waals surface area contributed by atoms with Crippen molar-refractivity contribution in [3.63, 3.8) is 0 Å². The summed E-state index contributed by atoms with van der Waals surface area (Å²) in [7, 11) is 0. The maximum absolute atomic E-state index is 11.7. The minimum absolute atomic E-state index is 0.0941. The summed E-state index contributed by atoms with van der Waals surface area (Å²) in [5.41, 5.74) is 5.56. The van der Waals surface area contributed by atoms with Crippen molar-refractivity contribution in [2.45, 2.75) is 25.8 Å². The number of rotatable bonds is 7. The normalized spacial score (nSPS) is 11.7. The number of amides is 1. The molecule has 0 heterocycles. The van der Waals surface area contributed by atoms with Crippen molar-refractivity contribution in [2.75, 3.05) is 6.61 Å². The highest BCUT2D eigenvalue weighted by atomic mass is 35.5. The molecule has 3 N–H and O–H groups in total. The predicted octanol–water partition coefficient (Wildman–Crippen LogP) is 2.29. The Morgan fingerprint density at radius 3 is 2.89 bits per heavy atom. The van der Waals surface area contributed by atoms with Gasteiger partial charge in [-0.05, 0) is 24.6 Å². The molecule has 0 radical (unpaired) electrons. The Morgan fingerprint density at radius 2 is 2.32 bits per heavy atom. The van der Waals surface area contributed by atoms with Gasteiger partial charge in [-0.2, -0.15) is 0 Å². The van der Waals surface area contributed by atoms with E-state index >= 15 is 0 Å². The van der Waals surface area contributed by atoms with Crippen LogP contribution in [-0.2, 0) is 4.79 Å². The zero-order chi connectivity index (χ0) is 14.3. The van der Waals surface area contributed by atoms with Gasteiger partial charge in [-0.3, -0.25) is 4.79 Å². The van der Waals surface area contributed by atoms with Gasteiger partial charge in [-0.15, -0.1) is 0 Å². The third-order valence-corrected chi connectivity index (χ3v) is 2.94. The topological polar surface area (TPSA) is 64.3 Å². The molecule has 0 bridgehead atoms. The quantitative estimate of drug-likeness (QED) is 0.758. The number of hydrogen-bond acceptors (Lipinski definition) is 3. The van der Waals surface area contributed by atoms with E-state index < -0.39 is 0 Å². The number of halogens is 1. The smallest absolute Gasteiger partial charge is 0.258 e. The second-order valence-corrected chi connectivity index (χ2v) is 4.97. The molecule has 1 atom stereocenters. The van der Waals surface area contributed by atoms with E-state index in [4.69, 9.17) is 34.3 Å². The van der Waals surface area contributed by atoms with Gasteiger partial charge in [0.25, 0.3) is 5.91 Å². The van der Waals surface area contributed by atoms with Crippen LogP contribution in [0.4, 0.5) is 0 Å². The Kier molecular flexibility index (Phi) is 6.59. The van der Waals surface area contributed by atoms with E-state index in [1.807, 2.05) is 6.92 Å². The fourth-order valence-corrected chi connectivity index (χ4v) is 1.87. The molecular weight excluding hydrogens is 284 g/mol. The molecule has 0 aliphatic heterocycles. The van der Waals surface area contributed by atoms with Crippen LogP contribution in [0, 0.1) is 0 Å². The van der Waals surface area contributed by atoms with Gasteiger partial charge in [0, 0.05) is 5.02 Å². The van der Waals surface area contributed by atoms with Crippen molar-refractivity contribution >= 4 is 34.7 Å². The van der Waals surface area contributed by atoms with Crippen LogP contribution in [0.1, 0.15) is 19.8 Å². The van der Waals surface area contributed by atoms with Crippen molar-refractivity contribution in [2.24, 2.45) is 5.73 Å². The summed E-state index contributed by atoms with van der Waals surface area (Å²) < 4.78 is 5.33. The lowest BCUT2D eigenvalue weighted by Gasteiger charge is -2.16. The lowest BCUT2D eigenvalue weighted by molar-refractivity contribution is -0.123. The van der Waals surface area contributed by atoms with Crippen LogP contribution in [-0.4, -0.2) is 23.5 Å². The zero-order valence-corrected chi connectivity index (χ0v) is 12.3. The van der Waals surface area contributed by atoms with Gasteiger partial charge in [-0.1, -0.05) is 43.2 Å². The summed E-state index contributed by atoms with van der Waals surface area (Å²) in [5, 5.41) is 3.30. The summed E-state index contributed by atoms with van der Waals surface area (Å²) in [4.78, 5) is 12.0. The molecule has 1 aromatic rings. The highest BCUT2D eigenvalue weighted by Gasteiger charge is 2.14. The summed E-state index contributed by atoms with van der Waals surface area (Å²) in [6.45, 7) is 1.91. The number of benzene rings is 1. The van der Waals surface area contributed by atoms with E-state index in [9.17, 15) is 4.79 Å². The first-order valence-electron chi connectivity index (χ1n) is 6.00. The van der Waals surface area contributed by atoms with Crippen LogP contribution in [0.5, 0.6) is 5.75 Å². The predicted molar refractivity (Wildman–Crippen MR) is 80.6 cm³/mol. The molecule has 0 saturated carbocycles. The average molecular weight is 301 g/mol. The van der Waals surface area contributed by atoms with Gasteiger partial charge in [0.05, 0.1) is 11.0 Å². The number of thiocarbonyl (C=S) groups is 1. The number of carbonyl (C=O) groups is 1. The summed E-state index contributed by atoms with van der Waals surface area (Å²) in [6, 6.07) is 6.58. The van der Waals surface area contributed by atoms with Crippen molar-refractivity contribution in [3.05, 3.63) is 29.3 Å². The lowest BCUT2D eigenvalue weighted by Crippen LogP contribution is -2.45. The largest absolute Gasteiger partial charge is 0.484 e. The molecule has 0 spiro atoms. The Hall–Kier alpha value is -1.33. The molecule has 0 aliphatic carbocycles. The first kappa shape index (κ1) is 15.7. The van der Waals surface area contributed by atoms with Gasteiger partial charge >= 0.3 is 0 Å². The molecule has 0 saturated heterocycles. The van der Waals surface area contributed by atoms with Crippen molar-refractivity contribution in [1.82, 2.24) is 5.32 Å². The SMILES string of the molecule is CCCC(NC(=O)COc1cccc(Cl)c1)C(N)=S. The molecule has 1 amide bonds. The van der Waals surface area contributed by atoms with E-state index in [0.717, 1.165) is 12.8 Å². The second-order valence-electron chi connectivity index (χ2n) is 4.06.